The quantitative estimate of drug-likeness (QED) is 0.772. The summed E-state index contributed by atoms with van der Waals surface area (Å²) in [5.74, 6) is 1.58. The van der Waals surface area contributed by atoms with Gasteiger partial charge in [0.2, 0.25) is 0 Å². The molecule has 1 aromatic carbocycles. The zero-order chi connectivity index (χ0) is 15.4. The van der Waals surface area contributed by atoms with Crippen molar-refractivity contribution < 1.29 is 9.47 Å². The van der Waals surface area contributed by atoms with Crippen molar-refractivity contribution in [2.45, 2.75) is 18.9 Å². The summed E-state index contributed by atoms with van der Waals surface area (Å²) in [6.07, 6.45) is 2.27. The first kappa shape index (κ1) is 22.0. The first-order valence-electron chi connectivity index (χ1n) is 8.15. The molecule has 2 fully saturated rings. The molecule has 2 aliphatic heterocycles. The second kappa shape index (κ2) is 10.8. The first-order valence-corrected chi connectivity index (χ1v) is 8.95. The first-order chi connectivity index (χ1) is 10.8. The van der Waals surface area contributed by atoms with Gasteiger partial charge in [-0.1, -0.05) is 15.9 Å². The molecule has 1 aromatic rings. The zero-order valence-electron chi connectivity index (χ0n) is 14.0. The second-order valence-corrected chi connectivity index (χ2v) is 6.92. The van der Waals surface area contributed by atoms with Gasteiger partial charge in [0.1, 0.15) is 5.75 Å². The van der Waals surface area contributed by atoms with Crippen LogP contribution in [-0.2, 0) is 4.74 Å². The maximum absolute atomic E-state index is 5.58. The van der Waals surface area contributed by atoms with Crippen molar-refractivity contribution in [2.24, 2.45) is 5.92 Å². The minimum Gasteiger partial charge on any atom is -0.497 e. The number of halogens is 3. The fourth-order valence-electron chi connectivity index (χ4n) is 3.62. The smallest absolute Gasteiger partial charge is 0.119 e. The highest BCUT2D eigenvalue weighted by Crippen LogP contribution is 2.39. The van der Waals surface area contributed by atoms with Crippen LogP contribution < -0.4 is 10.1 Å². The Balaban J connectivity index is 0.00000144. The van der Waals surface area contributed by atoms with Crippen LogP contribution in [0.2, 0.25) is 0 Å². The Morgan fingerprint density at radius 2 is 1.88 bits per heavy atom. The van der Waals surface area contributed by atoms with Gasteiger partial charge >= 0.3 is 0 Å². The van der Waals surface area contributed by atoms with Crippen LogP contribution in [0.3, 0.4) is 0 Å². The van der Waals surface area contributed by atoms with E-state index in [1.165, 1.54) is 10.0 Å². The Hall–Kier alpha value is -0.0400. The number of hydrogen-bond donors (Lipinski definition) is 1. The average Bonchev–Trinajstić information content (AvgIpc) is 2.59. The van der Waals surface area contributed by atoms with Gasteiger partial charge < -0.3 is 14.8 Å². The summed E-state index contributed by atoms with van der Waals surface area (Å²) in [7, 11) is 1.74. The average molecular weight is 442 g/mol. The lowest BCUT2D eigenvalue weighted by Crippen LogP contribution is -2.47. The Morgan fingerprint density at radius 3 is 2.50 bits per heavy atom. The molecule has 2 saturated heterocycles. The van der Waals surface area contributed by atoms with Crippen molar-refractivity contribution in [3.63, 3.8) is 0 Å². The van der Waals surface area contributed by atoms with Gasteiger partial charge in [-0.15, -0.1) is 24.8 Å². The zero-order valence-corrected chi connectivity index (χ0v) is 17.2. The molecule has 4 nitrogen and oxygen atoms in total. The fraction of sp³-hybridized carbons (Fsp3) is 0.647. The largest absolute Gasteiger partial charge is 0.497 e. The van der Waals surface area contributed by atoms with E-state index in [9.17, 15) is 0 Å². The summed E-state index contributed by atoms with van der Waals surface area (Å²) >= 11 is 3.76. The summed E-state index contributed by atoms with van der Waals surface area (Å²) in [5.41, 5.74) is 1.35. The molecule has 0 bridgehead atoms. The van der Waals surface area contributed by atoms with Crippen LogP contribution in [0.15, 0.2) is 22.7 Å². The van der Waals surface area contributed by atoms with Crippen molar-refractivity contribution in [1.82, 2.24) is 10.2 Å². The number of hydrogen-bond acceptors (Lipinski definition) is 4. The van der Waals surface area contributed by atoms with E-state index >= 15 is 0 Å². The van der Waals surface area contributed by atoms with Crippen LogP contribution in [0, 0.1) is 5.92 Å². The fourth-order valence-corrected chi connectivity index (χ4v) is 4.10. The van der Waals surface area contributed by atoms with E-state index in [0.717, 1.165) is 58.0 Å². The number of benzene rings is 1. The van der Waals surface area contributed by atoms with Crippen LogP contribution in [0.1, 0.15) is 24.4 Å². The number of rotatable bonds is 4. The lowest BCUT2D eigenvalue weighted by atomic mass is 9.85. The highest BCUT2D eigenvalue weighted by molar-refractivity contribution is 9.10. The van der Waals surface area contributed by atoms with Crippen LogP contribution in [0.5, 0.6) is 5.75 Å². The predicted octanol–water partition coefficient (Wildman–Crippen LogP) is 3.67. The summed E-state index contributed by atoms with van der Waals surface area (Å²) in [6, 6.07) is 6.77. The molecule has 1 N–H and O–H groups in total. The minimum atomic E-state index is 0. The van der Waals surface area contributed by atoms with Gasteiger partial charge in [0.05, 0.1) is 7.11 Å². The Morgan fingerprint density at radius 1 is 1.21 bits per heavy atom. The number of methoxy groups -OCH3 is 1. The van der Waals surface area contributed by atoms with Crippen molar-refractivity contribution in [3.05, 3.63) is 28.2 Å². The van der Waals surface area contributed by atoms with Gasteiger partial charge in [-0.05, 0) is 42.5 Å². The van der Waals surface area contributed by atoms with E-state index in [1.807, 2.05) is 6.07 Å². The Labute approximate surface area is 165 Å². The summed E-state index contributed by atoms with van der Waals surface area (Å²) in [4.78, 5) is 2.63. The normalized spacial score (nSPS) is 20.6. The van der Waals surface area contributed by atoms with Gasteiger partial charge in [0.25, 0.3) is 0 Å². The van der Waals surface area contributed by atoms with Crippen LogP contribution in [0.4, 0.5) is 0 Å². The molecule has 138 valence electrons. The molecule has 0 unspecified atom stereocenters. The van der Waals surface area contributed by atoms with Crippen LogP contribution >= 0.6 is 40.7 Å². The van der Waals surface area contributed by atoms with E-state index in [-0.39, 0.29) is 24.8 Å². The lowest BCUT2D eigenvalue weighted by molar-refractivity contribution is 0.0210. The standard InChI is InChI=1S/C17H25BrN2O2.2ClH/c1-21-14-2-3-16(18)15(12-14)17(13-4-10-22-11-5-13)20-8-6-19-7-9-20;;/h2-3,12-13,17,19H,4-11H2,1H3;2*1H/t17-;;/m0../s1. The van der Waals surface area contributed by atoms with Gasteiger partial charge in [0.15, 0.2) is 0 Å². The van der Waals surface area contributed by atoms with E-state index in [2.05, 4.69) is 38.3 Å². The Kier molecular flexibility index (Phi) is 9.94. The molecule has 2 heterocycles. The SMILES string of the molecule is COc1ccc(Br)c([C@H](C2CCOCC2)N2CCNCC2)c1.Cl.Cl. The Bertz CT molecular complexity index is 477. The topological polar surface area (TPSA) is 33.7 Å². The summed E-state index contributed by atoms with van der Waals surface area (Å²) < 4.78 is 12.2. The summed E-state index contributed by atoms with van der Waals surface area (Å²) in [5, 5.41) is 3.46. The highest BCUT2D eigenvalue weighted by Gasteiger charge is 2.32. The number of piperazine rings is 1. The molecular weight excluding hydrogens is 415 g/mol. The van der Waals surface area contributed by atoms with E-state index in [4.69, 9.17) is 9.47 Å². The monoisotopic (exact) mass is 440 g/mol. The van der Waals surface area contributed by atoms with Crippen LogP contribution in [-0.4, -0.2) is 51.4 Å². The highest BCUT2D eigenvalue weighted by atomic mass is 79.9. The third-order valence-corrected chi connectivity index (χ3v) is 5.50. The maximum Gasteiger partial charge on any atom is 0.119 e. The number of nitrogens with zero attached hydrogens (tertiary/aromatic N) is 1. The van der Waals surface area contributed by atoms with Crippen molar-refractivity contribution in [1.29, 1.82) is 0 Å². The van der Waals surface area contributed by atoms with E-state index in [0.29, 0.717) is 12.0 Å². The third kappa shape index (κ3) is 5.23. The molecule has 0 saturated carbocycles. The van der Waals surface area contributed by atoms with Crippen molar-refractivity contribution in [3.8, 4) is 5.75 Å². The molecule has 7 heteroatoms. The minimum absolute atomic E-state index is 0. The van der Waals surface area contributed by atoms with Gasteiger partial charge in [-0.3, -0.25) is 4.90 Å². The van der Waals surface area contributed by atoms with Crippen LogP contribution in [0.25, 0.3) is 0 Å². The molecule has 0 aromatic heterocycles. The molecule has 0 spiro atoms. The van der Waals surface area contributed by atoms with E-state index in [1.54, 1.807) is 7.11 Å². The molecule has 24 heavy (non-hydrogen) atoms. The van der Waals surface area contributed by atoms with Crippen molar-refractivity contribution in [2.75, 3.05) is 46.5 Å². The molecule has 2 aliphatic rings. The molecular formula is C17H27BrCl2N2O2. The van der Waals surface area contributed by atoms with E-state index < -0.39 is 0 Å². The summed E-state index contributed by atoms with van der Waals surface area (Å²) in [6.45, 7) is 6.11. The lowest BCUT2D eigenvalue weighted by Gasteiger charge is -2.41. The number of nitrogens with one attached hydrogen (secondary N) is 1. The molecule has 0 radical (unpaired) electrons. The maximum atomic E-state index is 5.58. The molecule has 1 atom stereocenters. The van der Waals surface area contributed by atoms with Gasteiger partial charge in [0, 0.05) is 49.9 Å². The third-order valence-electron chi connectivity index (χ3n) is 4.78. The van der Waals surface area contributed by atoms with Gasteiger partial charge in [-0.2, -0.15) is 0 Å². The second-order valence-electron chi connectivity index (χ2n) is 6.07. The van der Waals surface area contributed by atoms with Gasteiger partial charge in [-0.25, -0.2) is 0 Å². The van der Waals surface area contributed by atoms with Crippen molar-refractivity contribution >= 4 is 40.7 Å². The number of ether oxygens (including phenoxy) is 2. The predicted molar refractivity (Wildman–Crippen MR) is 106 cm³/mol. The molecule has 0 aliphatic carbocycles. The molecule has 3 rings (SSSR count). The molecule has 0 amide bonds.